The molecule has 0 spiro atoms. The lowest BCUT2D eigenvalue weighted by molar-refractivity contribution is 0.331. The van der Waals surface area contributed by atoms with Crippen LogP contribution in [0.4, 0.5) is 4.39 Å². The van der Waals surface area contributed by atoms with E-state index in [1.165, 1.54) is 6.07 Å². The lowest BCUT2D eigenvalue weighted by Gasteiger charge is -2.03. The van der Waals surface area contributed by atoms with Crippen molar-refractivity contribution < 1.29 is 9.13 Å². The molecule has 12 heavy (non-hydrogen) atoms. The third-order valence-electron chi connectivity index (χ3n) is 1.87. The molecule has 1 aliphatic rings. The van der Waals surface area contributed by atoms with Gasteiger partial charge in [-0.25, -0.2) is 4.39 Å². The van der Waals surface area contributed by atoms with E-state index in [0.717, 1.165) is 4.47 Å². The number of nitrogens with two attached hydrogens (primary N) is 1. The van der Waals surface area contributed by atoms with Crippen LogP contribution in [0, 0.1) is 5.82 Å². The average Bonchev–Trinajstić information content (AvgIpc) is 2.42. The van der Waals surface area contributed by atoms with E-state index in [2.05, 4.69) is 15.9 Å². The molecule has 1 aliphatic heterocycles. The first-order valence-electron chi connectivity index (χ1n) is 3.56. The van der Waals surface area contributed by atoms with Gasteiger partial charge in [-0.1, -0.05) is 0 Å². The van der Waals surface area contributed by atoms with Crippen molar-refractivity contribution in [2.45, 2.75) is 6.04 Å². The zero-order valence-corrected chi connectivity index (χ0v) is 7.77. The highest BCUT2D eigenvalue weighted by Gasteiger charge is 2.26. The molecule has 0 aliphatic carbocycles. The van der Waals surface area contributed by atoms with Gasteiger partial charge in [0.25, 0.3) is 0 Å². The largest absolute Gasteiger partial charge is 0.490 e. The molecule has 1 aromatic rings. The Kier molecular flexibility index (Phi) is 1.81. The summed E-state index contributed by atoms with van der Waals surface area (Å²) in [5.41, 5.74) is 6.11. The van der Waals surface area contributed by atoms with Gasteiger partial charge in [0.15, 0.2) is 0 Å². The molecule has 4 heteroatoms. The van der Waals surface area contributed by atoms with Gasteiger partial charge >= 0.3 is 0 Å². The first-order valence-corrected chi connectivity index (χ1v) is 4.35. The molecule has 0 fully saturated rings. The molecular formula is C8H7BrFNO. The Balaban J connectivity index is 2.64. The summed E-state index contributed by atoms with van der Waals surface area (Å²) in [4.78, 5) is 0. The smallest absolute Gasteiger partial charge is 0.141 e. The van der Waals surface area contributed by atoms with Crippen molar-refractivity contribution >= 4 is 15.9 Å². The van der Waals surface area contributed by atoms with Crippen molar-refractivity contribution in [1.29, 1.82) is 0 Å². The molecule has 2 nitrogen and oxygen atoms in total. The van der Waals surface area contributed by atoms with Crippen LogP contribution in [0.25, 0.3) is 0 Å². The Morgan fingerprint density at radius 3 is 3.00 bits per heavy atom. The zero-order chi connectivity index (χ0) is 8.72. The third-order valence-corrected chi connectivity index (χ3v) is 2.50. The normalized spacial score (nSPS) is 20.4. The lowest BCUT2D eigenvalue weighted by atomic mass is 10.1. The maximum absolute atomic E-state index is 13.1. The molecule has 1 heterocycles. The van der Waals surface area contributed by atoms with Crippen molar-refractivity contribution in [3.63, 3.8) is 0 Å². The molecule has 1 unspecified atom stereocenters. The predicted octanol–water partition coefficient (Wildman–Crippen LogP) is 1.98. The minimum atomic E-state index is -0.336. The van der Waals surface area contributed by atoms with E-state index >= 15 is 0 Å². The van der Waals surface area contributed by atoms with Crippen LogP contribution >= 0.6 is 15.9 Å². The summed E-state index contributed by atoms with van der Waals surface area (Å²) in [6, 6.07) is 2.67. The first-order chi connectivity index (χ1) is 5.70. The third kappa shape index (κ3) is 1.03. The fourth-order valence-electron chi connectivity index (χ4n) is 1.30. The van der Waals surface area contributed by atoms with Gasteiger partial charge in [0, 0.05) is 0 Å². The average molecular weight is 232 g/mol. The standard InChI is InChI=1S/C8H7BrFNO/c9-4-1-2-5(10)7-6(11)3-12-8(4)7/h1-2,6H,3,11H2. The second kappa shape index (κ2) is 2.71. The molecule has 0 amide bonds. The van der Waals surface area contributed by atoms with Crippen LogP contribution in [0.3, 0.4) is 0 Å². The lowest BCUT2D eigenvalue weighted by Crippen LogP contribution is -2.11. The maximum atomic E-state index is 13.1. The monoisotopic (exact) mass is 231 g/mol. The minimum Gasteiger partial charge on any atom is -0.490 e. The fourth-order valence-corrected chi connectivity index (χ4v) is 1.76. The second-order valence-electron chi connectivity index (χ2n) is 2.69. The Hall–Kier alpha value is -0.610. The summed E-state index contributed by atoms with van der Waals surface area (Å²) in [6.07, 6.45) is 0. The van der Waals surface area contributed by atoms with Crippen molar-refractivity contribution in [3.05, 3.63) is 28.0 Å². The molecule has 0 radical (unpaired) electrons. The van der Waals surface area contributed by atoms with Crippen LogP contribution in [0.2, 0.25) is 0 Å². The van der Waals surface area contributed by atoms with Gasteiger partial charge in [0.1, 0.15) is 18.2 Å². The Bertz CT molecular complexity index is 329. The number of rotatable bonds is 0. The number of hydrogen-bond acceptors (Lipinski definition) is 2. The summed E-state index contributed by atoms with van der Waals surface area (Å²) in [7, 11) is 0. The molecule has 1 aromatic carbocycles. The highest BCUT2D eigenvalue weighted by molar-refractivity contribution is 9.10. The summed E-state index contributed by atoms with van der Waals surface area (Å²) in [6.45, 7) is 0.356. The predicted molar refractivity (Wildman–Crippen MR) is 46.5 cm³/mol. The molecular weight excluding hydrogens is 225 g/mol. The fraction of sp³-hybridized carbons (Fsp3) is 0.250. The molecule has 0 aromatic heterocycles. The molecule has 1 atom stereocenters. The number of benzene rings is 1. The molecule has 2 rings (SSSR count). The van der Waals surface area contributed by atoms with Gasteiger partial charge in [-0.15, -0.1) is 0 Å². The number of hydrogen-bond donors (Lipinski definition) is 1. The molecule has 64 valence electrons. The molecule has 2 N–H and O–H groups in total. The van der Waals surface area contributed by atoms with Gasteiger partial charge in [-0.2, -0.15) is 0 Å². The van der Waals surface area contributed by atoms with Crippen molar-refractivity contribution in [3.8, 4) is 5.75 Å². The van der Waals surface area contributed by atoms with E-state index in [0.29, 0.717) is 17.9 Å². The van der Waals surface area contributed by atoms with Crippen LogP contribution in [-0.4, -0.2) is 6.61 Å². The summed E-state index contributed by atoms with van der Waals surface area (Å²) in [5, 5.41) is 0. The van der Waals surface area contributed by atoms with Gasteiger partial charge in [0.2, 0.25) is 0 Å². The first kappa shape index (κ1) is 8.01. The summed E-state index contributed by atoms with van der Waals surface area (Å²) in [5.74, 6) is 0.251. The van der Waals surface area contributed by atoms with Crippen LogP contribution in [0.5, 0.6) is 5.75 Å². The SMILES string of the molecule is NC1COc2c(Br)ccc(F)c21. The highest BCUT2D eigenvalue weighted by atomic mass is 79.9. The van der Waals surface area contributed by atoms with E-state index in [1.54, 1.807) is 6.07 Å². The quantitative estimate of drug-likeness (QED) is 0.742. The van der Waals surface area contributed by atoms with Crippen molar-refractivity contribution in [1.82, 2.24) is 0 Å². The Morgan fingerprint density at radius 1 is 1.58 bits per heavy atom. The van der Waals surface area contributed by atoms with Gasteiger partial charge in [-0.3, -0.25) is 0 Å². The molecule has 0 bridgehead atoms. The number of halogens is 2. The van der Waals surface area contributed by atoms with E-state index in [-0.39, 0.29) is 11.9 Å². The van der Waals surface area contributed by atoms with Crippen LogP contribution in [0.1, 0.15) is 11.6 Å². The van der Waals surface area contributed by atoms with E-state index in [9.17, 15) is 4.39 Å². The maximum Gasteiger partial charge on any atom is 0.141 e. The van der Waals surface area contributed by atoms with Crippen LogP contribution < -0.4 is 10.5 Å². The van der Waals surface area contributed by atoms with E-state index in [4.69, 9.17) is 10.5 Å². The van der Waals surface area contributed by atoms with E-state index in [1.807, 2.05) is 0 Å². The van der Waals surface area contributed by atoms with Gasteiger partial charge in [-0.05, 0) is 28.1 Å². The summed E-state index contributed by atoms with van der Waals surface area (Å²) >= 11 is 3.26. The molecule has 0 saturated heterocycles. The topological polar surface area (TPSA) is 35.2 Å². The zero-order valence-electron chi connectivity index (χ0n) is 6.18. The second-order valence-corrected chi connectivity index (χ2v) is 3.54. The van der Waals surface area contributed by atoms with Crippen molar-refractivity contribution in [2.75, 3.05) is 6.61 Å². The van der Waals surface area contributed by atoms with Gasteiger partial charge in [0.05, 0.1) is 16.1 Å². The Morgan fingerprint density at radius 2 is 2.33 bits per heavy atom. The van der Waals surface area contributed by atoms with E-state index < -0.39 is 0 Å². The summed E-state index contributed by atoms with van der Waals surface area (Å²) < 4.78 is 19.1. The molecule has 0 saturated carbocycles. The van der Waals surface area contributed by atoms with Crippen LogP contribution in [0.15, 0.2) is 16.6 Å². The van der Waals surface area contributed by atoms with Crippen LogP contribution in [-0.2, 0) is 0 Å². The highest BCUT2D eigenvalue weighted by Crippen LogP contribution is 2.38. The van der Waals surface area contributed by atoms with Crippen molar-refractivity contribution in [2.24, 2.45) is 5.73 Å². The Labute approximate surface area is 77.6 Å². The number of ether oxygens (including phenoxy) is 1. The van der Waals surface area contributed by atoms with Gasteiger partial charge < -0.3 is 10.5 Å². The minimum absolute atomic E-state index is 0.293. The number of fused-ring (bicyclic) bond motifs is 1.